The molecule has 0 bridgehead atoms. The van der Waals surface area contributed by atoms with Crippen molar-refractivity contribution in [3.8, 4) is 0 Å². The number of rotatable bonds is 3. The summed E-state index contributed by atoms with van der Waals surface area (Å²) in [5.74, 6) is 0.164. The van der Waals surface area contributed by atoms with Crippen molar-refractivity contribution in [2.75, 3.05) is 0 Å². The lowest BCUT2D eigenvalue weighted by Gasteiger charge is -2.17. The number of hydrogen-bond acceptors (Lipinski definition) is 0. The maximum absolute atomic E-state index is 3.65. The molecule has 19 heavy (non-hydrogen) atoms. The average molecular weight is 380 g/mol. The Morgan fingerprint density at radius 1 is 0.842 bits per heavy atom. The molecule has 2 aromatic heterocycles. The molecule has 1 aromatic carbocycles. The molecule has 2 heterocycles. The molecule has 0 aliphatic rings. The van der Waals surface area contributed by atoms with Gasteiger partial charge in [-0.15, -0.1) is 0 Å². The predicted molar refractivity (Wildman–Crippen MR) is 84.4 cm³/mol. The number of aromatic amines is 2. The minimum atomic E-state index is 0.164. The highest BCUT2D eigenvalue weighted by Crippen LogP contribution is 2.35. The first kappa shape index (κ1) is 12.8. The van der Waals surface area contributed by atoms with Gasteiger partial charge in [-0.25, -0.2) is 0 Å². The Labute approximate surface area is 128 Å². The van der Waals surface area contributed by atoms with Crippen LogP contribution in [0.2, 0.25) is 0 Å². The van der Waals surface area contributed by atoms with Gasteiger partial charge in [0.25, 0.3) is 0 Å². The smallest absolute Gasteiger partial charge is 0.0652 e. The van der Waals surface area contributed by atoms with Crippen molar-refractivity contribution in [2.24, 2.45) is 0 Å². The van der Waals surface area contributed by atoms with Gasteiger partial charge >= 0.3 is 0 Å². The van der Waals surface area contributed by atoms with Crippen LogP contribution in [0.3, 0.4) is 0 Å². The number of benzene rings is 1. The summed E-state index contributed by atoms with van der Waals surface area (Å²) in [5.41, 5.74) is 3.56. The van der Waals surface area contributed by atoms with E-state index in [1.54, 1.807) is 0 Å². The van der Waals surface area contributed by atoms with Crippen molar-refractivity contribution >= 4 is 31.9 Å². The van der Waals surface area contributed by atoms with E-state index in [-0.39, 0.29) is 5.92 Å². The minimum absolute atomic E-state index is 0.164. The van der Waals surface area contributed by atoms with Gasteiger partial charge in [0.1, 0.15) is 0 Å². The number of nitrogens with one attached hydrogen (secondary N) is 2. The van der Waals surface area contributed by atoms with E-state index in [2.05, 4.69) is 66.1 Å². The van der Waals surface area contributed by atoms with Crippen LogP contribution in [0.15, 0.2) is 63.8 Å². The van der Waals surface area contributed by atoms with Crippen molar-refractivity contribution in [3.63, 3.8) is 0 Å². The van der Waals surface area contributed by atoms with Crippen LogP contribution < -0.4 is 0 Å². The summed E-state index contributed by atoms with van der Waals surface area (Å²) in [6.45, 7) is 0. The molecular formula is C15H12Br2N2. The Hall–Kier alpha value is -1.26. The van der Waals surface area contributed by atoms with Crippen LogP contribution in [0.25, 0.3) is 0 Å². The fraction of sp³-hybridized carbons (Fsp3) is 0.0667. The van der Waals surface area contributed by atoms with Gasteiger partial charge in [-0.05, 0) is 48.0 Å². The maximum atomic E-state index is 3.65. The number of hydrogen-bond donors (Lipinski definition) is 2. The van der Waals surface area contributed by atoms with Crippen molar-refractivity contribution in [1.29, 1.82) is 0 Å². The molecule has 3 aromatic rings. The van der Waals surface area contributed by atoms with Gasteiger partial charge < -0.3 is 9.97 Å². The molecule has 0 atom stereocenters. The molecule has 0 radical (unpaired) electrons. The second-order valence-electron chi connectivity index (χ2n) is 4.35. The fourth-order valence-corrected chi connectivity index (χ4v) is 3.14. The summed E-state index contributed by atoms with van der Waals surface area (Å²) < 4.78 is 2.18. The molecule has 96 valence electrons. The number of aromatic nitrogens is 2. The standard InChI is InChI=1S/C15H12Br2N2/c16-10-5-6-12(17)11(9-10)15(13-3-1-7-18-13)14-4-2-8-19-14/h1-9,15,18-19H. The highest BCUT2D eigenvalue weighted by atomic mass is 79.9. The predicted octanol–water partition coefficient (Wildman–Crippen LogP) is 5.05. The third kappa shape index (κ3) is 2.55. The summed E-state index contributed by atoms with van der Waals surface area (Å²) in [7, 11) is 0. The first-order chi connectivity index (χ1) is 9.25. The van der Waals surface area contributed by atoms with Crippen molar-refractivity contribution in [1.82, 2.24) is 9.97 Å². The Morgan fingerprint density at radius 3 is 2.00 bits per heavy atom. The lowest BCUT2D eigenvalue weighted by atomic mass is 9.93. The van der Waals surface area contributed by atoms with Crippen molar-refractivity contribution in [3.05, 3.63) is 80.8 Å². The molecule has 0 fully saturated rings. The van der Waals surface area contributed by atoms with Gasteiger partial charge in [0.15, 0.2) is 0 Å². The minimum Gasteiger partial charge on any atom is -0.364 e. The van der Waals surface area contributed by atoms with E-state index in [1.807, 2.05) is 30.6 Å². The molecule has 0 unspecified atom stereocenters. The quantitative estimate of drug-likeness (QED) is 0.638. The van der Waals surface area contributed by atoms with Gasteiger partial charge in [0.2, 0.25) is 0 Å². The Kier molecular flexibility index (Phi) is 3.62. The third-order valence-corrected chi connectivity index (χ3v) is 4.35. The molecule has 0 aliphatic heterocycles. The number of H-pyrrole nitrogens is 2. The molecule has 3 rings (SSSR count). The average Bonchev–Trinajstić information content (AvgIpc) is 3.07. The molecule has 0 spiro atoms. The first-order valence-electron chi connectivity index (χ1n) is 5.97. The van der Waals surface area contributed by atoms with E-state index in [9.17, 15) is 0 Å². The normalized spacial score (nSPS) is 11.1. The molecule has 0 saturated carbocycles. The van der Waals surface area contributed by atoms with Crippen LogP contribution in [0.4, 0.5) is 0 Å². The molecule has 4 heteroatoms. The van der Waals surface area contributed by atoms with E-state index in [1.165, 1.54) is 17.0 Å². The zero-order valence-electron chi connectivity index (χ0n) is 10.0. The van der Waals surface area contributed by atoms with Gasteiger partial charge in [0, 0.05) is 32.7 Å². The molecule has 0 aliphatic carbocycles. The largest absolute Gasteiger partial charge is 0.364 e. The second-order valence-corrected chi connectivity index (χ2v) is 6.12. The summed E-state index contributed by atoms with van der Waals surface area (Å²) in [6, 6.07) is 14.5. The van der Waals surface area contributed by atoms with E-state index in [4.69, 9.17) is 0 Å². The van der Waals surface area contributed by atoms with Crippen molar-refractivity contribution in [2.45, 2.75) is 5.92 Å². The van der Waals surface area contributed by atoms with E-state index < -0.39 is 0 Å². The van der Waals surface area contributed by atoms with Gasteiger partial charge in [-0.1, -0.05) is 31.9 Å². The van der Waals surface area contributed by atoms with Gasteiger partial charge in [0.05, 0.1) is 5.92 Å². The van der Waals surface area contributed by atoms with Gasteiger partial charge in [-0.3, -0.25) is 0 Å². The van der Waals surface area contributed by atoms with E-state index in [0.29, 0.717) is 0 Å². The third-order valence-electron chi connectivity index (χ3n) is 3.14. The zero-order valence-corrected chi connectivity index (χ0v) is 13.2. The molecule has 0 amide bonds. The highest BCUT2D eigenvalue weighted by molar-refractivity contribution is 9.11. The topological polar surface area (TPSA) is 31.6 Å². The zero-order chi connectivity index (χ0) is 13.2. The molecule has 2 nitrogen and oxygen atoms in total. The summed E-state index contributed by atoms with van der Waals surface area (Å²) >= 11 is 7.20. The Balaban J connectivity index is 2.17. The Bertz CT molecular complexity index is 623. The first-order valence-corrected chi connectivity index (χ1v) is 7.56. The van der Waals surface area contributed by atoms with Crippen LogP contribution in [0.1, 0.15) is 22.9 Å². The maximum Gasteiger partial charge on any atom is 0.0652 e. The SMILES string of the molecule is Brc1ccc(Br)c(C(c2ccc[nH]2)c2ccc[nH]2)c1. The molecule has 2 N–H and O–H groups in total. The Morgan fingerprint density at radius 2 is 1.47 bits per heavy atom. The number of halogens is 2. The van der Waals surface area contributed by atoms with Crippen LogP contribution >= 0.6 is 31.9 Å². The van der Waals surface area contributed by atoms with E-state index in [0.717, 1.165) is 8.95 Å². The van der Waals surface area contributed by atoms with Crippen LogP contribution in [-0.2, 0) is 0 Å². The molecule has 0 saturated heterocycles. The van der Waals surface area contributed by atoms with Crippen LogP contribution in [-0.4, -0.2) is 9.97 Å². The monoisotopic (exact) mass is 378 g/mol. The van der Waals surface area contributed by atoms with Gasteiger partial charge in [-0.2, -0.15) is 0 Å². The summed E-state index contributed by atoms with van der Waals surface area (Å²) in [5, 5.41) is 0. The summed E-state index contributed by atoms with van der Waals surface area (Å²) in [6.07, 6.45) is 3.91. The second kappa shape index (κ2) is 5.39. The summed E-state index contributed by atoms with van der Waals surface area (Å²) in [4.78, 5) is 6.63. The highest BCUT2D eigenvalue weighted by Gasteiger charge is 2.20. The van der Waals surface area contributed by atoms with Crippen LogP contribution in [0, 0.1) is 0 Å². The van der Waals surface area contributed by atoms with E-state index >= 15 is 0 Å². The lowest BCUT2D eigenvalue weighted by Crippen LogP contribution is -2.05. The molecular weight excluding hydrogens is 368 g/mol. The fourth-order valence-electron chi connectivity index (χ4n) is 2.29. The lowest BCUT2D eigenvalue weighted by molar-refractivity contribution is 0.892. The van der Waals surface area contributed by atoms with Crippen LogP contribution in [0.5, 0.6) is 0 Å². The van der Waals surface area contributed by atoms with Crippen molar-refractivity contribution < 1.29 is 0 Å².